The Kier molecular flexibility index (Phi) is 6.12. The van der Waals surface area contributed by atoms with Gasteiger partial charge in [0.1, 0.15) is 17.7 Å². The van der Waals surface area contributed by atoms with Gasteiger partial charge in [-0.1, -0.05) is 13.0 Å². The van der Waals surface area contributed by atoms with E-state index in [9.17, 15) is 13.6 Å². The van der Waals surface area contributed by atoms with Gasteiger partial charge in [-0.2, -0.15) is 5.10 Å². The fourth-order valence-corrected chi connectivity index (χ4v) is 4.21. The van der Waals surface area contributed by atoms with Crippen molar-refractivity contribution in [3.05, 3.63) is 84.1 Å². The molecule has 1 heterocycles. The lowest BCUT2D eigenvalue weighted by Crippen LogP contribution is -2.42. The van der Waals surface area contributed by atoms with Crippen LogP contribution in [0.2, 0.25) is 0 Å². The van der Waals surface area contributed by atoms with Crippen LogP contribution in [0.25, 0.3) is 16.6 Å². The molecular weight excluding hydrogens is 464 g/mol. The third-order valence-electron chi connectivity index (χ3n) is 6.74. The van der Waals surface area contributed by atoms with Gasteiger partial charge in [0.2, 0.25) is 5.91 Å². The first-order valence-electron chi connectivity index (χ1n) is 11.8. The Labute approximate surface area is 207 Å². The second kappa shape index (κ2) is 9.26. The Bertz CT molecular complexity index is 1410. The van der Waals surface area contributed by atoms with E-state index in [1.165, 1.54) is 25.3 Å². The fourth-order valence-electron chi connectivity index (χ4n) is 4.21. The molecule has 4 aromatic rings. The van der Waals surface area contributed by atoms with Crippen molar-refractivity contribution in [1.29, 1.82) is 0 Å². The number of fused-ring (bicyclic) bond motifs is 1. The van der Waals surface area contributed by atoms with E-state index in [-0.39, 0.29) is 22.9 Å². The summed E-state index contributed by atoms with van der Waals surface area (Å²) in [5.41, 5.74) is 1.78. The number of amides is 1. The average molecular weight is 492 g/mol. The number of aromatic nitrogens is 2. The molecule has 0 spiro atoms. The molecule has 5 rings (SSSR count). The van der Waals surface area contributed by atoms with Gasteiger partial charge in [-0.05, 0) is 79.9 Å². The Balaban J connectivity index is 1.45. The fraction of sp³-hybridized carbons (Fsp3) is 0.286. The summed E-state index contributed by atoms with van der Waals surface area (Å²) in [6, 6.07) is 15.8. The van der Waals surface area contributed by atoms with Crippen molar-refractivity contribution in [3.8, 4) is 17.2 Å². The molecule has 8 heteroatoms. The molecule has 3 aromatic carbocycles. The smallest absolute Gasteiger partial charge is 0.226 e. The molecule has 1 aliphatic rings. The summed E-state index contributed by atoms with van der Waals surface area (Å²) in [6.45, 7) is 3.78. The van der Waals surface area contributed by atoms with Crippen molar-refractivity contribution in [2.45, 2.75) is 38.8 Å². The summed E-state index contributed by atoms with van der Waals surface area (Å²) in [6.07, 6.45) is 2.75. The van der Waals surface area contributed by atoms with Gasteiger partial charge < -0.3 is 14.8 Å². The van der Waals surface area contributed by atoms with Crippen molar-refractivity contribution < 1.29 is 23.0 Å². The third kappa shape index (κ3) is 4.63. The summed E-state index contributed by atoms with van der Waals surface area (Å²) in [7, 11) is 1.41. The minimum Gasteiger partial charge on any atom is -0.494 e. The number of carbonyl (C=O) groups is 1. The topological polar surface area (TPSA) is 65.4 Å². The highest BCUT2D eigenvalue weighted by Gasteiger charge is 2.45. The lowest BCUT2D eigenvalue weighted by molar-refractivity contribution is -0.127. The summed E-state index contributed by atoms with van der Waals surface area (Å²) >= 11 is 0. The maximum atomic E-state index is 14.6. The van der Waals surface area contributed by atoms with Crippen molar-refractivity contribution >= 4 is 16.8 Å². The zero-order valence-corrected chi connectivity index (χ0v) is 20.3. The van der Waals surface area contributed by atoms with Gasteiger partial charge in [0.15, 0.2) is 11.6 Å². The SMILES string of the molecule is COc1ccc([C@@H](Oc2ccc3c(cnn3-c3ccc(F)cc3)c2)[C@H](C)NC(=O)C2(C)CC2)cc1F. The number of nitrogens with zero attached hydrogens (tertiary/aromatic N) is 2. The molecule has 1 saturated carbocycles. The molecule has 2 atom stereocenters. The first-order chi connectivity index (χ1) is 17.3. The number of halogens is 2. The third-order valence-corrected chi connectivity index (χ3v) is 6.74. The molecule has 0 saturated heterocycles. The number of hydrogen-bond acceptors (Lipinski definition) is 4. The molecule has 1 fully saturated rings. The molecule has 1 amide bonds. The molecule has 0 radical (unpaired) electrons. The first-order valence-corrected chi connectivity index (χ1v) is 11.8. The average Bonchev–Trinajstić information content (AvgIpc) is 3.49. The van der Waals surface area contributed by atoms with E-state index in [0.29, 0.717) is 11.3 Å². The minimum absolute atomic E-state index is 0.0337. The largest absolute Gasteiger partial charge is 0.494 e. The van der Waals surface area contributed by atoms with Gasteiger partial charge >= 0.3 is 0 Å². The highest BCUT2D eigenvalue weighted by atomic mass is 19.1. The van der Waals surface area contributed by atoms with Gasteiger partial charge in [0, 0.05) is 10.8 Å². The highest BCUT2D eigenvalue weighted by Crippen LogP contribution is 2.45. The lowest BCUT2D eigenvalue weighted by atomic mass is 10.0. The predicted molar refractivity (Wildman–Crippen MR) is 132 cm³/mol. The van der Waals surface area contributed by atoms with Crippen molar-refractivity contribution in [2.75, 3.05) is 7.11 Å². The number of ether oxygens (including phenoxy) is 2. The molecule has 0 bridgehead atoms. The van der Waals surface area contributed by atoms with Crippen LogP contribution in [0.4, 0.5) is 8.78 Å². The summed E-state index contributed by atoms with van der Waals surface area (Å²) in [4.78, 5) is 12.7. The number of hydrogen-bond donors (Lipinski definition) is 1. The number of methoxy groups -OCH3 is 1. The molecule has 1 N–H and O–H groups in total. The second-order valence-corrected chi connectivity index (χ2v) is 9.51. The molecule has 1 aliphatic carbocycles. The van der Waals surface area contributed by atoms with Crippen LogP contribution >= 0.6 is 0 Å². The second-order valence-electron chi connectivity index (χ2n) is 9.51. The maximum Gasteiger partial charge on any atom is 0.226 e. The van der Waals surface area contributed by atoms with Gasteiger partial charge in [0.25, 0.3) is 0 Å². The van der Waals surface area contributed by atoms with Crippen LogP contribution in [0.5, 0.6) is 11.5 Å². The molecule has 0 unspecified atom stereocenters. The van der Waals surface area contributed by atoms with Gasteiger partial charge in [0.05, 0.1) is 30.6 Å². The Morgan fingerprint density at radius 3 is 2.50 bits per heavy atom. The van der Waals surface area contributed by atoms with Crippen LogP contribution in [-0.2, 0) is 4.79 Å². The molecule has 6 nitrogen and oxygen atoms in total. The van der Waals surface area contributed by atoms with Crippen molar-refractivity contribution in [2.24, 2.45) is 5.41 Å². The molecule has 36 heavy (non-hydrogen) atoms. The van der Waals surface area contributed by atoms with E-state index >= 15 is 0 Å². The quantitative estimate of drug-likeness (QED) is 0.342. The van der Waals surface area contributed by atoms with Gasteiger partial charge in [-0.3, -0.25) is 4.79 Å². The molecule has 0 aliphatic heterocycles. The monoisotopic (exact) mass is 491 g/mol. The Morgan fingerprint density at radius 1 is 1.08 bits per heavy atom. The zero-order chi connectivity index (χ0) is 25.4. The van der Waals surface area contributed by atoms with Gasteiger partial charge in [-0.25, -0.2) is 13.5 Å². The van der Waals surface area contributed by atoms with Crippen LogP contribution in [0, 0.1) is 17.0 Å². The summed E-state index contributed by atoms with van der Waals surface area (Å²) < 4.78 is 41.0. The summed E-state index contributed by atoms with van der Waals surface area (Å²) in [5, 5.41) is 8.30. The van der Waals surface area contributed by atoms with Crippen molar-refractivity contribution in [1.82, 2.24) is 15.1 Å². The van der Waals surface area contributed by atoms with E-state index < -0.39 is 18.0 Å². The number of benzene rings is 3. The zero-order valence-electron chi connectivity index (χ0n) is 20.3. The highest BCUT2D eigenvalue weighted by molar-refractivity contribution is 5.85. The summed E-state index contributed by atoms with van der Waals surface area (Å²) in [5.74, 6) is -0.180. The van der Waals surface area contributed by atoms with Crippen LogP contribution in [-0.4, -0.2) is 28.8 Å². The normalized spacial score (nSPS) is 15.8. The van der Waals surface area contributed by atoms with Crippen LogP contribution in [0.3, 0.4) is 0 Å². The lowest BCUT2D eigenvalue weighted by Gasteiger charge is -2.28. The van der Waals surface area contributed by atoms with E-state index in [1.54, 1.807) is 41.2 Å². The maximum absolute atomic E-state index is 14.6. The van der Waals surface area contributed by atoms with E-state index in [2.05, 4.69) is 10.4 Å². The number of nitrogens with one attached hydrogen (secondary N) is 1. The standard InChI is InChI=1S/C28H27F2N3O3/c1-17(32-27(34)28(2)12-13-28)26(18-4-11-25(35-3)23(30)15-18)36-22-9-10-24-19(14-22)16-31-33(24)21-7-5-20(29)6-8-21/h4-11,14-17,26H,12-13H2,1-3H3,(H,32,34)/t17-,26-/m0/s1. The Hall–Kier alpha value is -3.94. The molecular formula is C28H27F2N3O3. The van der Waals surface area contributed by atoms with Crippen LogP contribution in [0.15, 0.2) is 66.9 Å². The van der Waals surface area contributed by atoms with E-state index in [4.69, 9.17) is 9.47 Å². The van der Waals surface area contributed by atoms with E-state index in [1.807, 2.05) is 26.0 Å². The van der Waals surface area contributed by atoms with Crippen molar-refractivity contribution in [3.63, 3.8) is 0 Å². The number of carbonyl (C=O) groups excluding carboxylic acids is 1. The molecule has 186 valence electrons. The van der Waals surface area contributed by atoms with Gasteiger partial charge in [-0.15, -0.1) is 0 Å². The van der Waals surface area contributed by atoms with E-state index in [0.717, 1.165) is 29.4 Å². The molecule has 1 aromatic heterocycles. The minimum atomic E-state index is -0.652. The Morgan fingerprint density at radius 2 is 1.83 bits per heavy atom. The first kappa shape index (κ1) is 23.8. The van der Waals surface area contributed by atoms with Crippen LogP contribution in [0.1, 0.15) is 38.4 Å². The predicted octanol–water partition coefficient (Wildman–Crippen LogP) is 5.74. The number of rotatable bonds is 8. The van der Waals surface area contributed by atoms with Crippen LogP contribution < -0.4 is 14.8 Å².